The van der Waals surface area contributed by atoms with Crippen molar-refractivity contribution in [3.63, 3.8) is 0 Å². The number of rotatable bonds is 2. The van der Waals surface area contributed by atoms with E-state index in [9.17, 15) is 4.79 Å². The first-order chi connectivity index (χ1) is 9.74. The van der Waals surface area contributed by atoms with Crippen molar-refractivity contribution in [2.75, 3.05) is 6.54 Å². The lowest BCUT2D eigenvalue weighted by atomic mass is 9.67. The number of nitrogens with one attached hydrogen (secondary N) is 2. The molecule has 3 rings (SSSR count). The summed E-state index contributed by atoms with van der Waals surface area (Å²) >= 11 is 0. The molecule has 0 bridgehead atoms. The summed E-state index contributed by atoms with van der Waals surface area (Å²) in [6.07, 6.45) is 11.5. The van der Waals surface area contributed by atoms with Crippen LogP contribution in [0.1, 0.15) is 64.7 Å². The fourth-order valence-corrected chi connectivity index (χ4v) is 4.65. The number of amides is 1. The van der Waals surface area contributed by atoms with E-state index >= 15 is 0 Å². The lowest BCUT2D eigenvalue weighted by Crippen LogP contribution is -2.53. The molecule has 1 aliphatic heterocycles. The Hall–Kier alpha value is -0.280. The third-order valence-corrected chi connectivity index (χ3v) is 6.00. The highest BCUT2D eigenvalue weighted by Gasteiger charge is 2.36. The summed E-state index contributed by atoms with van der Waals surface area (Å²) in [6.45, 7) is 3.29. The molecule has 2 N–H and O–H groups in total. The van der Waals surface area contributed by atoms with Crippen LogP contribution in [0, 0.1) is 17.8 Å². The number of hydrogen-bond acceptors (Lipinski definition) is 2. The van der Waals surface area contributed by atoms with E-state index in [1.807, 2.05) is 0 Å². The summed E-state index contributed by atoms with van der Waals surface area (Å²) in [7, 11) is 0. The molecule has 3 aliphatic rings. The van der Waals surface area contributed by atoms with Gasteiger partial charge in [-0.05, 0) is 57.4 Å². The van der Waals surface area contributed by atoms with Crippen molar-refractivity contribution in [3.8, 4) is 0 Å². The van der Waals surface area contributed by atoms with Crippen molar-refractivity contribution < 1.29 is 4.79 Å². The number of fused-ring (bicyclic) bond motifs is 1. The number of hydrogen-bond donors (Lipinski definition) is 2. The Balaban J connectivity index is 0.00000161. The van der Waals surface area contributed by atoms with E-state index < -0.39 is 0 Å². The molecule has 2 saturated carbocycles. The van der Waals surface area contributed by atoms with Gasteiger partial charge in [0.05, 0.1) is 0 Å². The van der Waals surface area contributed by atoms with E-state index in [0.29, 0.717) is 23.9 Å². The normalized spacial score (nSPS) is 39.8. The van der Waals surface area contributed by atoms with Crippen molar-refractivity contribution in [3.05, 3.63) is 0 Å². The molecule has 5 atom stereocenters. The Morgan fingerprint density at radius 3 is 2.52 bits per heavy atom. The van der Waals surface area contributed by atoms with Crippen LogP contribution in [0.3, 0.4) is 0 Å². The van der Waals surface area contributed by atoms with E-state index in [2.05, 4.69) is 17.6 Å². The van der Waals surface area contributed by atoms with Crippen LogP contribution < -0.4 is 10.6 Å². The Bertz CT molecular complexity index is 350. The van der Waals surface area contributed by atoms with Gasteiger partial charge in [-0.15, -0.1) is 12.4 Å². The first kappa shape index (κ1) is 17.1. The van der Waals surface area contributed by atoms with E-state index in [4.69, 9.17) is 0 Å². The lowest BCUT2D eigenvalue weighted by Gasteiger charge is -2.39. The highest BCUT2D eigenvalue weighted by atomic mass is 35.5. The van der Waals surface area contributed by atoms with Gasteiger partial charge in [0.25, 0.3) is 0 Å². The second-order valence-electron chi connectivity index (χ2n) is 7.31. The van der Waals surface area contributed by atoms with Gasteiger partial charge in [-0.3, -0.25) is 4.79 Å². The van der Waals surface area contributed by atoms with Gasteiger partial charge >= 0.3 is 0 Å². The van der Waals surface area contributed by atoms with Crippen molar-refractivity contribution in [2.24, 2.45) is 17.8 Å². The molecule has 0 radical (unpaired) electrons. The van der Waals surface area contributed by atoms with Crippen molar-refractivity contribution in [2.45, 2.75) is 76.8 Å². The summed E-state index contributed by atoms with van der Waals surface area (Å²) in [5.74, 6) is 2.41. The van der Waals surface area contributed by atoms with E-state index in [1.165, 1.54) is 38.5 Å². The number of carbonyl (C=O) groups is 1. The molecular formula is C17H31ClN2O. The van der Waals surface area contributed by atoms with E-state index in [0.717, 1.165) is 37.6 Å². The van der Waals surface area contributed by atoms with Crippen LogP contribution in [0.25, 0.3) is 0 Å². The Labute approximate surface area is 135 Å². The van der Waals surface area contributed by atoms with Gasteiger partial charge in [0.1, 0.15) is 0 Å². The Morgan fingerprint density at radius 2 is 1.76 bits per heavy atom. The van der Waals surface area contributed by atoms with Crippen LogP contribution in [0.2, 0.25) is 0 Å². The molecule has 3 fully saturated rings. The largest absolute Gasteiger partial charge is 0.352 e. The highest BCUT2D eigenvalue weighted by molar-refractivity contribution is 5.85. The van der Waals surface area contributed by atoms with Gasteiger partial charge < -0.3 is 10.6 Å². The van der Waals surface area contributed by atoms with Crippen LogP contribution in [0.4, 0.5) is 0 Å². The zero-order chi connectivity index (χ0) is 13.9. The fraction of sp³-hybridized carbons (Fsp3) is 0.941. The predicted octanol–water partition coefficient (Wildman–Crippen LogP) is 3.27. The molecule has 0 aromatic rings. The van der Waals surface area contributed by atoms with Crippen LogP contribution in [-0.2, 0) is 4.79 Å². The molecule has 122 valence electrons. The minimum atomic E-state index is 0. The van der Waals surface area contributed by atoms with Gasteiger partial charge in [-0.25, -0.2) is 0 Å². The zero-order valence-corrected chi connectivity index (χ0v) is 14.1. The van der Waals surface area contributed by atoms with Gasteiger partial charge in [0.15, 0.2) is 0 Å². The molecule has 1 saturated heterocycles. The molecule has 1 amide bonds. The molecule has 2 aliphatic carbocycles. The van der Waals surface area contributed by atoms with Gasteiger partial charge in [0.2, 0.25) is 5.91 Å². The maximum absolute atomic E-state index is 12.5. The maximum atomic E-state index is 12.5. The molecule has 1 heterocycles. The molecule has 5 unspecified atom stereocenters. The lowest BCUT2D eigenvalue weighted by molar-refractivity contribution is -0.128. The minimum absolute atomic E-state index is 0. The first-order valence-corrected chi connectivity index (χ1v) is 8.78. The van der Waals surface area contributed by atoms with E-state index in [1.54, 1.807) is 0 Å². The SMILES string of the molecule is CC1NCCCC1NC(=O)C1CCC2CCCCC2C1.Cl. The quantitative estimate of drug-likeness (QED) is 0.821. The third kappa shape index (κ3) is 4.13. The summed E-state index contributed by atoms with van der Waals surface area (Å²) in [4.78, 5) is 12.5. The Kier molecular flexibility index (Phi) is 6.36. The molecule has 0 aromatic carbocycles. The minimum Gasteiger partial charge on any atom is -0.352 e. The van der Waals surface area contributed by atoms with Crippen LogP contribution in [-0.4, -0.2) is 24.5 Å². The number of halogens is 1. The molecule has 0 aromatic heterocycles. The fourth-order valence-electron chi connectivity index (χ4n) is 4.65. The summed E-state index contributed by atoms with van der Waals surface area (Å²) < 4.78 is 0. The monoisotopic (exact) mass is 314 g/mol. The molecule has 4 heteroatoms. The standard InChI is InChI=1S/C17H30N2O.ClH/c1-12-16(7-4-10-18-12)19-17(20)15-9-8-13-5-2-3-6-14(13)11-15;/h12-16,18H,2-11H2,1H3,(H,19,20);1H. The molecule has 0 spiro atoms. The average Bonchev–Trinajstić information content (AvgIpc) is 2.49. The number of piperidine rings is 1. The molecule has 21 heavy (non-hydrogen) atoms. The van der Waals surface area contributed by atoms with E-state index in [-0.39, 0.29) is 12.4 Å². The smallest absolute Gasteiger partial charge is 0.223 e. The van der Waals surface area contributed by atoms with Crippen molar-refractivity contribution >= 4 is 18.3 Å². The second-order valence-corrected chi connectivity index (χ2v) is 7.31. The van der Waals surface area contributed by atoms with Crippen LogP contribution in [0.15, 0.2) is 0 Å². The predicted molar refractivity (Wildman–Crippen MR) is 88.7 cm³/mol. The van der Waals surface area contributed by atoms with Crippen LogP contribution in [0.5, 0.6) is 0 Å². The van der Waals surface area contributed by atoms with Crippen LogP contribution >= 0.6 is 12.4 Å². The molecular weight excluding hydrogens is 284 g/mol. The highest BCUT2D eigenvalue weighted by Crippen LogP contribution is 2.42. The summed E-state index contributed by atoms with van der Waals surface area (Å²) in [6, 6.07) is 0.777. The van der Waals surface area contributed by atoms with Crippen molar-refractivity contribution in [1.29, 1.82) is 0 Å². The second kappa shape index (κ2) is 7.82. The van der Waals surface area contributed by atoms with Gasteiger partial charge in [-0.2, -0.15) is 0 Å². The Morgan fingerprint density at radius 1 is 1.00 bits per heavy atom. The van der Waals surface area contributed by atoms with Gasteiger partial charge in [-0.1, -0.05) is 25.7 Å². The summed E-state index contributed by atoms with van der Waals surface area (Å²) in [5, 5.41) is 6.80. The topological polar surface area (TPSA) is 41.1 Å². The maximum Gasteiger partial charge on any atom is 0.223 e. The zero-order valence-electron chi connectivity index (χ0n) is 13.3. The van der Waals surface area contributed by atoms with Gasteiger partial charge in [0, 0.05) is 18.0 Å². The first-order valence-electron chi connectivity index (χ1n) is 8.78. The number of carbonyl (C=O) groups excluding carboxylic acids is 1. The molecule has 3 nitrogen and oxygen atoms in total. The average molecular weight is 315 g/mol. The summed E-state index contributed by atoms with van der Waals surface area (Å²) in [5.41, 5.74) is 0. The van der Waals surface area contributed by atoms with Crippen molar-refractivity contribution in [1.82, 2.24) is 10.6 Å². The third-order valence-electron chi connectivity index (χ3n) is 6.00.